The van der Waals surface area contributed by atoms with Gasteiger partial charge in [0.1, 0.15) is 11.4 Å². The number of sulfone groups is 1. The van der Waals surface area contributed by atoms with Gasteiger partial charge in [-0.15, -0.1) is 10.2 Å². The van der Waals surface area contributed by atoms with E-state index in [4.69, 9.17) is 16.3 Å². The quantitative estimate of drug-likeness (QED) is 0.520. The van der Waals surface area contributed by atoms with Crippen LogP contribution in [-0.2, 0) is 16.0 Å². The van der Waals surface area contributed by atoms with Crippen molar-refractivity contribution < 1.29 is 35.5 Å². The highest BCUT2D eigenvalue weighted by Gasteiger charge is 2.35. The van der Waals surface area contributed by atoms with E-state index >= 15 is 0 Å². The minimum Gasteiger partial charge on any atom is -0.435 e. The van der Waals surface area contributed by atoms with Crippen LogP contribution in [0.15, 0.2) is 53.4 Å². The Kier molecular flexibility index (Phi) is 6.37. The zero-order valence-corrected chi connectivity index (χ0v) is 17.5. The van der Waals surface area contributed by atoms with Crippen molar-refractivity contribution in [3.05, 3.63) is 70.6 Å². The average Bonchev–Trinajstić information content (AvgIpc) is 2.69. The number of nitrogens with zero attached hydrogens (tertiary/aromatic N) is 2. The first-order valence-electron chi connectivity index (χ1n) is 8.54. The highest BCUT2D eigenvalue weighted by Crippen LogP contribution is 2.34. The van der Waals surface area contributed by atoms with Crippen LogP contribution >= 0.6 is 11.6 Å². The number of aromatic nitrogens is 2. The first-order valence-corrected chi connectivity index (χ1v) is 10.8. The molecule has 0 spiro atoms. The predicted octanol–water partition coefficient (Wildman–Crippen LogP) is 4.74. The minimum absolute atomic E-state index is 0.0157. The van der Waals surface area contributed by atoms with E-state index in [1.54, 1.807) is 0 Å². The maximum absolute atomic E-state index is 13.5. The fraction of sp³-hybridized carbons (Fsp3) is 0.105. The molecule has 0 saturated carbocycles. The van der Waals surface area contributed by atoms with Gasteiger partial charge in [0.25, 0.3) is 11.8 Å². The lowest BCUT2D eigenvalue weighted by atomic mass is 10.2. The summed E-state index contributed by atoms with van der Waals surface area (Å²) in [6.07, 6.45) is -3.97. The molecule has 3 rings (SSSR count). The average molecular weight is 490 g/mol. The van der Waals surface area contributed by atoms with Crippen LogP contribution in [0.5, 0.6) is 11.6 Å². The van der Waals surface area contributed by atoms with Gasteiger partial charge in [0.2, 0.25) is 0 Å². The number of anilines is 1. The van der Waals surface area contributed by atoms with Gasteiger partial charge < -0.3 is 10.1 Å². The Hall–Kier alpha value is -3.25. The number of carbonyl (C=O) groups excluding carboxylic acids is 1. The molecule has 0 saturated heterocycles. The molecule has 0 radical (unpaired) electrons. The van der Waals surface area contributed by atoms with Gasteiger partial charge in [-0.1, -0.05) is 17.7 Å². The SMILES string of the molecule is CS(=O)(=O)c1cccc(NC(=O)c2cc(C(F)(F)F)nnc2Oc2cc(F)ccc2Cl)c1. The van der Waals surface area contributed by atoms with Crippen molar-refractivity contribution >= 4 is 33.0 Å². The number of ether oxygens (including phenoxy) is 1. The molecule has 0 unspecified atom stereocenters. The molecule has 1 heterocycles. The normalized spacial score (nSPS) is 11.8. The Balaban J connectivity index is 2.02. The van der Waals surface area contributed by atoms with Crippen molar-refractivity contribution in [2.45, 2.75) is 11.1 Å². The third-order valence-corrected chi connectivity index (χ3v) is 5.34. The first-order chi connectivity index (χ1) is 14.8. The highest BCUT2D eigenvalue weighted by molar-refractivity contribution is 7.90. The molecule has 0 aliphatic carbocycles. The molecule has 3 aromatic rings. The largest absolute Gasteiger partial charge is 0.435 e. The Bertz CT molecular complexity index is 1300. The van der Waals surface area contributed by atoms with Gasteiger partial charge in [-0.25, -0.2) is 12.8 Å². The summed E-state index contributed by atoms with van der Waals surface area (Å²) in [6, 6.07) is 8.47. The van der Waals surface area contributed by atoms with Crippen LogP contribution in [-0.4, -0.2) is 30.8 Å². The third-order valence-electron chi connectivity index (χ3n) is 3.92. The van der Waals surface area contributed by atoms with E-state index in [2.05, 4.69) is 15.5 Å². The van der Waals surface area contributed by atoms with E-state index in [-0.39, 0.29) is 21.4 Å². The molecule has 2 aromatic carbocycles. The highest BCUT2D eigenvalue weighted by atomic mass is 35.5. The number of hydrogen-bond donors (Lipinski definition) is 1. The van der Waals surface area contributed by atoms with Crippen molar-refractivity contribution in [3.8, 4) is 11.6 Å². The molecular formula is C19H12ClF4N3O4S. The fourth-order valence-corrected chi connectivity index (χ4v) is 3.24. The van der Waals surface area contributed by atoms with E-state index < -0.39 is 44.9 Å². The molecule has 0 atom stereocenters. The van der Waals surface area contributed by atoms with Crippen LogP contribution < -0.4 is 10.1 Å². The number of hydrogen-bond acceptors (Lipinski definition) is 6. The van der Waals surface area contributed by atoms with Gasteiger partial charge in [0.15, 0.2) is 21.3 Å². The molecule has 7 nitrogen and oxygen atoms in total. The number of halogens is 5. The number of nitrogens with one attached hydrogen (secondary N) is 1. The lowest BCUT2D eigenvalue weighted by Crippen LogP contribution is -2.18. The van der Waals surface area contributed by atoms with Gasteiger partial charge in [-0.2, -0.15) is 13.2 Å². The smallest absolute Gasteiger partial charge is 0.435 e. The maximum atomic E-state index is 13.5. The molecule has 0 aliphatic rings. The molecule has 0 fully saturated rings. The lowest BCUT2D eigenvalue weighted by Gasteiger charge is -2.13. The van der Waals surface area contributed by atoms with Gasteiger partial charge in [0, 0.05) is 18.0 Å². The van der Waals surface area contributed by atoms with Crippen LogP contribution in [0.3, 0.4) is 0 Å². The van der Waals surface area contributed by atoms with Gasteiger partial charge in [0.05, 0.1) is 9.92 Å². The third kappa shape index (κ3) is 5.51. The first kappa shape index (κ1) is 23.4. The van der Waals surface area contributed by atoms with Gasteiger partial charge in [-0.3, -0.25) is 4.79 Å². The Morgan fingerprint density at radius 2 is 1.81 bits per heavy atom. The van der Waals surface area contributed by atoms with Crippen molar-refractivity contribution in [1.82, 2.24) is 10.2 Å². The predicted molar refractivity (Wildman–Crippen MR) is 106 cm³/mol. The molecule has 32 heavy (non-hydrogen) atoms. The van der Waals surface area contributed by atoms with Crippen LogP contribution in [0.25, 0.3) is 0 Å². The van der Waals surface area contributed by atoms with Gasteiger partial charge >= 0.3 is 6.18 Å². The van der Waals surface area contributed by atoms with E-state index in [9.17, 15) is 30.8 Å². The van der Waals surface area contributed by atoms with E-state index in [1.807, 2.05) is 0 Å². The molecule has 1 amide bonds. The zero-order chi connectivity index (χ0) is 23.7. The van der Waals surface area contributed by atoms with E-state index in [0.29, 0.717) is 6.07 Å². The summed E-state index contributed by atoms with van der Waals surface area (Å²) in [6.45, 7) is 0. The van der Waals surface area contributed by atoms with Crippen LogP contribution in [0.2, 0.25) is 5.02 Å². The molecule has 0 aliphatic heterocycles. The fourth-order valence-electron chi connectivity index (χ4n) is 2.42. The number of benzene rings is 2. The van der Waals surface area contributed by atoms with Crippen molar-refractivity contribution in [2.24, 2.45) is 0 Å². The number of rotatable bonds is 5. The molecule has 1 N–H and O–H groups in total. The molecule has 168 valence electrons. The van der Waals surface area contributed by atoms with E-state index in [0.717, 1.165) is 30.5 Å². The monoisotopic (exact) mass is 489 g/mol. The summed E-state index contributed by atoms with van der Waals surface area (Å²) >= 11 is 5.89. The summed E-state index contributed by atoms with van der Waals surface area (Å²) in [7, 11) is -3.61. The maximum Gasteiger partial charge on any atom is 0.435 e. The van der Waals surface area contributed by atoms with Crippen LogP contribution in [0.1, 0.15) is 16.1 Å². The standard InChI is InChI=1S/C19H12ClF4N3O4S/c1-32(29,30)12-4-2-3-11(8-12)25-17(28)13-9-16(19(22,23)24)26-27-18(13)31-15-7-10(21)5-6-14(15)20/h2-9H,1H3,(H,25,28). The number of amides is 1. The lowest BCUT2D eigenvalue weighted by molar-refractivity contribution is -0.141. The topological polar surface area (TPSA) is 98.2 Å². The summed E-state index contributed by atoms with van der Waals surface area (Å²) < 4.78 is 81.5. The van der Waals surface area contributed by atoms with Crippen molar-refractivity contribution in [1.29, 1.82) is 0 Å². The second-order valence-electron chi connectivity index (χ2n) is 6.38. The molecular weight excluding hydrogens is 478 g/mol. The van der Waals surface area contributed by atoms with Crippen LogP contribution in [0.4, 0.5) is 23.2 Å². The van der Waals surface area contributed by atoms with E-state index in [1.165, 1.54) is 18.2 Å². The van der Waals surface area contributed by atoms with Gasteiger partial charge in [-0.05, 0) is 36.4 Å². The molecule has 0 bridgehead atoms. The zero-order valence-electron chi connectivity index (χ0n) is 15.9. The Labute approximate surface area is 183 Å². The number of carbonyl (C=O) groups is 1. The number of alkyl halides is 3. The van der Waals surface area contributed by atoms with Crippen molar-refractivity contribution in [3.63, 3.8) is 0 Å². The summed E-state index contributed by atoms with van der Waals surface area (Å²) in [5, 5.41) is 8.48. The molecule has 1 aromatic heterocycles. The Morgan fingerprint density at radius 3 is 2.47 bits per heavy atom. The Morgan fingerprint density at radius 1 is 1.09 bits per heavy atom. The second kappa shape index (κ2) is 8.71. The van der Waals surface area contributed by atoms with Crippen LogP contribution in [0, 0.1) is 5.82 Å². The summed E-state index contributed by atoms with van der Waals surface area (Å²) in [5.41, 5.74) is -2.19. The minimum atomic E-state index is -4.92. The second-order valence-corrected chi connectivity index (χ2v) is 8.80. The van der Waals surface area contributed by atoms with Crippen molar-refractivity contribution in [2.75, 3.05) is 11.6 Å². The summed E-state index contributed by atoms with van der Waals surface area (Å²) in [5.74, 6) is -2.86. The summed E-state index contributed by atoms with van der Waals surface area (Å²) in [4.78, 5) is 12.6. The molecule has 13 heteroatoms.